The number of aliphatic hydroxyl groups is 3. The van der Waals surface area contributed by atoms with Gasteiger partial charge in [0.25, 0.3) is 17.6 Å². The zero-order valence-electron chi connectivity index (χ0n) is 41.1. The molecule has 4 rings (SSSR count). The quantitative estimate of drug-likeness (QED) is 0.0180. The molecule has 0 spiro atoms. The Kier molecular flexibility index (Phi) is 27.3. The number of aryl methyl sites for hydroxylation is 1. The van der Waals surface area contributed by atoms with Crippen LogP contribution in [0.15, 0.2) is 71.8 Å². The van der Waals surface area contributed by atoms with Gasteiger partial charge in [-0.2, -0.15) is 11.8 Å². The second-order valence-electron chi connectivity index (χ2n) is 16.4. The molecule has 0 bridgehead atoms. The number of phenolic OH excluding ortho intramolecular Hbond substituents is 1. The van der Waals surface area contributed by atoms with Crippen LogP contribution in [0.2, 0.25) is 0 Å². The van der Waals surface area contributed by atoms with Crippen LogP contribution in [-0.2, 0) is 42.7 Å². The number of nitrogens with zero attached hydrogens (tertiary/aromatic N) is 3. The molecule has 0 saturated carbocycles. The second kappa shape index (κ2) is 33.3. The van der Waals surface area contributed by atoms with Crippen molar-refractivity contribution in [2.45, 2.75) is 62.9 Å². The van der Waals surface area contributed by atoms with Crippen molar-refractivity contribution < 1.29 is 82.6 Å². The number of ether oxygens (including phenoxy) is 8. The molecule has 0 aliphatic carbocycles. The number of azide groups is 1. The first-order valence-electron chi connectivity index (χ1n) is 23.8. The Morgan fingerprint density at radius 1 is 0.795 bits per heavy atom. The summed E-state index contributed by atoms with van der Waals surface area (Å²) in [7, 11) is 0. The Balaban J connectivity index is 1.11. The van der Waals surface area contributed by atoms with Gasteiger partial charge in [0.2, 0.25) is 5.91 Å². The number of rotatable bonds is 36. The summed E-state index contributed by atoms with van der Waals surface area (Å²) in [4.78, 5) is 53.3. The summed E-state index contributed by atoms with van der Waals surface area (Å²) in [5.74, 6) is -3.87. The summed E-state index contributed by atoms with van der Waals surface area (Å²) in [5.41, 5.74) is 11.3. The Labute approximate surface area is 427 Å². The van der Waals surface area contributed by atoms with Crippen molar-refractivity contribution in [2.75, 3.05) is 110 Å². The van der Waals surface area contributed by atoms with Crippen molar-refractivity contribution in [2.24, 2.45) is 5.11 Å². The van der Waals surface area contributed by atoms with Gasteiger partial charge in [0.05, 0.1) is 90.9 Å². The first kappa shape index (κ1) is 60.0. The predicted molar refractivity (Wildman–Crippen MR) is 266 cm³/mol. The maximum Gasteiger partial charge on any atom is 0.364 e. The molecule has 8 N–H and O–H groups in total. The van der Waals surface area contributed by atoms with E-state index in [-0.39, 0.29) is 37.0 Å². The Morgan fingerprint density at radius 2 is 1.36 bits per heavy atom. The van der Waals surface area contributed by atoms with E-state index in [0.29, 0.717) is 102 Å². The number of hydrogen-bond acceptors (Lipinski definition) is 18. The van der Waals surface area contributed by atoms with Crippen LogP contribution >= 0.6 is 11.8 Å². The normalized spacial score (nSPS) is 18.2. The second-order valence-corrected chi connectivity index (χ2v) is 17.7. The van der Waals surface area contributed by atoms with E-state index in [1.165, 1.54) is 23.9 Å². The lowest BCUT2D eigenvalue weighted by Crippen LogP contribution is -2.68. The molecule has 1 fully saturated rings. The van der Waals surface area contributed by atoms with Crippen LogP contribution in [0.1, 0.15) is 46.0 Å². The van der Waals surface area contributed by atoms with E-state index in [1.54, 1.807) is 54.6 Å². The Bertz CT molecular complexity index is 2190. The number of aliphatic carboxylic acids is 1. The number of thioether (sulfide) groups is 1. The number of amides is 3. The van der Waals surface area contributed by atoms with Gasteiger partial charge in [0, 0.05) is 54.8 Å². The number of carbonyl (C=O) groups is 4. The molecule has 3 amide bonds. The molecule has 0 radical (unpaired) electrons. The highest BCUT2D eigenvalue weighted by atomic mass is 32.2. The van der Waals surface area contributed by atoms with Gasteiger partial charge in [-0.25, -0.2) is 4.79 Å². The lowest BCUT2D eigenvalue weighted by Gasteiger charge is -2.46. The number of carbonyl (C=O) groups excluding carboxylic acids is 3. The third-order valence-corrected chi connectivity index (χ3v) is 12.0. The highest BCUT2D eigenvalue weighted by Crippen LogP contribution is 2.34. The number of hydrogen-bond donors (Lipinski definition) is 8. The van der Waals surface area contributed by atoms with E-state index in [1.807, 2.05) is 6.92 Å². The molecule has 1 heterocycles. The van der Waals surface area contributed by atoms with Crippen molar-refractivity contribution in [3.63, 3.8) is 0 Å². The van der Waals surface area contributed by atoms with Crippen LogP contribution in [0, 0.1) is 6.92 Å². The number of benzene rings is 3. The van der Waals surface area contributed by atoms with Crippen LogP contribution in [0.25, 0.3) is 21.6 Å². The minimum absolute atomic E-state index is 0.114. The van der Waals surface area contributed by atoms with E-state index < -0.39 is 67.0 Å². The summed E-state index contributed by atoms with van der Waals surface area (Å²) in [6.07, 6.45) is -7.19. The first-order chi connectivity index (χ1) is 35.2. The molecule has 24 heteroatoms. The van der Waals surface area contributed by atoms with Gasteiger partial charge >= 0.3 is 5.97 Å². The minimum atomic E-state index is -2.46. The van der Waals surface area contributed by atoms with Crippen LogP contribution in [0.3, 0.4) is 0 Å². The van der Waals surface area contributed by atoms with Gasteiger partial charge in [-0.3, -0.25) is 14.4 Å². The van der Waals surface area contributed by atoms with Gasteiger partial charge in [0.1, 0.15) is 30.3 Å². The third kappa shape index (κ3) is 21.4. The maximum absolute atomic E-state index is 12.9. The smallest absolute Gasteiger partial charge is 0.364 e. The van der Waals surface area contributed by atoms with E-state index in [4.69, 9.17) is 43.4 Å². The third-order valence-electron chi connectivity index (χ3n) is 10.9. The number of phenols is 1. The fraction of sp³-hybridized carbons (Fsp3) is 0.551. The van der Waals surface area contributed by atoms with E-state index in [9.17, 15) is 44.7 Å². The lowest BCUT2D eigenvalue weighted by atomic mass is 9.88. The standard InChI is InChI=1S/C49H68N6O17S/c1-33-4-5-38(30-42(33)70-27-26-69-25-24-68-23-22-67-21-20-66-19-18-65-17-14-53-55-50)47(62)51-15-29-73-28-3-16-71-49(48(63)64)31-40(58)43(54-34(2)56)45(72-49)44(60)41(59)32-52-46(61)37-8-6-35(7-9-37)36-10-12-39(57)13-11-36/h4-13,30,40-41,43-45,57-60H,3,14-29,31-32H2,1-2H3,(H,51,62)(H,52,61)(H,54,56)(H,63,64)/t40-,41+,43+,44+,45+,49+/m0/s1. The summed E-state index contributed by atoms with van der Waals surface area (Å²) < 4.78 is 44.6. The van der Waals surface area contributed by atoms with Gasteiger partial charge in [0.15, 0.2) is 0 Å². The highest BCUT2D eigenvalue weighted by molar-refractivity contribution is 7.99. The topological polar surface area (TPSA) is 328 Å². The lowest BCUT2D eigenvalue weighted by molar-refractivity contribution is -0.310. The molecule has 3 aromatic rings. The van der Waals surface area contributed by atoms with Crippen LogP contribution in [0.4, 0.5) is 0 Å². The first-order valence-corrected chi connectivity index (χ1v) is 24.9. The van der Waals surface area contributed by atoms with Crippen molar-refractivity contribution in [1.82, 2.24) is 16.0 Å². The van der Waals surface area contributed by atoms with Crippen molar-refractivity contribution in [3.8, 4) is 22.6 Å². The highest BCUT2D eigenvalue weighted by Gasteiger charge is 2.55. The molecule has 0 aromatic heterocycles. The number of carboxylic acids is 1. The summed E-state index contributed by atoms with van der Waals surface area (Å²) in [5, 5.41) is 64.4. The monoisotopic (exact) mass is 1040 g/mol. The van der Waals surface area contributed by atoms with Gasteiger partial charge < -0.3 is 79.4 Å². The molecule has 6 atom stereocenters. The van der Waals surface area contributed by atoms with Crippen molar-refractivity contribution in [1.29, 1.82) is 0 Å². The fourth-order valence-corrected chi connectivity index (χ4v) is 7.91. The molecule has 0 unspecified atom stereocenters. The van der Waals surface area contributed by atoms with Crippen LogP contribution in [0.5, 0.6) is 11.5 Å². The Hall–Kier alpha value is -5.60. The molecule has 1 aliphatic rings. The van der Waals surface area contributed by atoms with Crippen LogP contribution < -0.4 is 20.7 Å². The fourth-order valence-electron chi connectivity index (χ4n) is 7.14. The van der Waals surface area contributed by atoms with E-state index in [0.717, 1.165) is 23.6 Å². The largest absolute Gasteiger partial charge is 0.508 e. The molecule has 402 valence electrons. The van der Waals surface area contributed by atoms with Gasteiger partial charge in [-0.15, -0.1) is 0 Å². The number of nitrogens with one attached hydrogen (secondary N) is 3. The predicted octanol–water partition coefficient (Wildman–Crippen LogP) is 2.60. The number of aliphatic hydroxyl groups excluding tert-OH is 3. The number of carboxylic acid groups (broad SMARTS) is 1. The number of aromatic hydroxyl groups is 1. The minimum Gasteiger partial charge on any atom is -0.508 e. The molecular weight excluding hydrogens is 977 g/mol. The van der Waals surface area contributed by atoms with E-state index in [2.05, 4.69) is 26.0 Å². The van der Waals surface area contributed by atoms with E-state index >= 15 is 0 Å². The molecule has 3 aromatic carbocycles. The van der Waals surface area contributed by atoms with Crippen molar-refractivity contribution in [3.05, 3.63) is 93.9 Å². The molecular formula is C49H68N6O17S. The summed E-state index contributed by atoms with van der Waals surface area (Å²) >= 11 is 1.48. The van der Waals surface area contributed by atoms with Crippen molar-refractivity contribution >= 4 is 35.5 Å². The Morgan fingerprint density at radius 3 is 1.95 bits per heavy atom. The van der Waals surface area contributed by atoms with Crippen LogP contribution in [-0.4, -0.2) is 196 Å². The van der Waals surface area contributed by atoms with Gasteiger partial charge in [-0.05, 0) is 77.7 Å². The molecule has 1 aliphatic heterocycles. The SMILES string of the molecule is CC(=O)N[C@H]1[C@H]([C@H](O)[C@H](O)CNC(=O)c2ccc(-c3ccc(O)cc3)cc2)O[C@@](OCCCSCCNC(=O)c2ccc(C)c(OCCOCCOCCOCCOCCOCCN=[N+]=[N-])c2)(C(=O)O)C[C@@H]1O. The molecule has 1 saturated heterocycles. The molecule has 73 heavy (non-hydrogen) atoms. The zero-order chi connectivity index (χ0) is 52.9. The molecule has 23 nitrogen and oxygen atoms in total. The maximum atomic E-state index is 12.9. The summed E-state index contributed by atoms with van der Waals surface area (Å²) in [6.45, 7) is 7.19. The average Bonchev–Trinajstić information content (AvgIpc) is 3.37. The average molecular weight is 1050 g/mol. The van der Waals surface area contributed by atoms with Gasteiger partial charge in [-0.1, -0.05) is 35.4 Å². The summed E-state index contributed by atoms with van der Waals surface area (Å²) in [6, 6.07) is 16.8. The zero-order valence-corrected chi connectivity index (χ0v) is 41.9.